The van der Waals surface area contributed by atoms with E-state index in [1.165, 1.54) is 18.2 Å². The largest absolute Gasteiger partial charge is 0.493 e. The maximum atomic E-state index is 13.4. The number of para-hydroxylation sites is 1. The van der Waals surface area contributed by atoms with Gasteiger partial charge in [0.05, 0.1) is 23.6 Å². The van der Waals surface area contributed by atoms with E-state index in [1.807, 2.05) is 26.8 Å². The number of amides is 1. The third kappa shape index (κ3) is 4.64. The number of nitrogens with one attached hydrogen (secondary N) is 1. The molecule has 0 aliphatic heterocycles. The first-order valence-electron chi connectivity index (χ1n) is 10.6. The Bertz CT molecular complexity index is 1360. The number of carbonyl (C=O) groups excluding carboxylic acids is 1. The number of carbonyl (C=O) groups is 1. The molecule has 0 unspecified atom stereocenters. The van der Waals surface area contributed by atoms with E-state index in [1.54, 1.807) is 42.7 Å². The fourth-order valence-electron chi connectivity index (χ4n) is 3.80. The number of aryl methyl sites for hydroxylation is 1. The number of benzene rings is 3. The average Bonchev–Trinajstić information content (AvgIpc) is 3.22. The molecule has 0 radical (unpaired) electrons. The number of fused-ring (bicyclic) bond motifs is 1. The fourth-order valence-corrected chi connectivity index (χ4v) is 3.98. The van der Waals surface area contributed by atoms with E-state index in [0.29, 0.717) is 28.6 Å². The number of hydrogen-bond acceptors (Lipinski definition) is 3. The van der Waals surface area contributed by atoms with Crippen molar-refractivity contribution in [2.24, 2.45) is 0 Å². The first kappa shape index (κ1) is 22.6. The molecule has 0 aliphatic rings. The lowest BCUT2D eigenvalue weighted by Crippen LogP contribution is -2.09. The number of anilines is 1. The first-order valence-corrected chi connectivity index (χ1v) is 10.9. The summed E-state index contributed by atoms with van der Waals surface area (Å²) in [6.45, 7) is 6.14. The van der Waals surface area contributed by atoms with Crippen LogP contribution >= 0.6 is 11.6 Å². The molecule has 0 bridgehead atoms. The number of ether oxygens (including phenoxy) is 1. The van der Waals surface area contributed by atoms with Gasteiger partial charge in [0, 0.05) is 28.2 Å². The predicted molar refractivity (Wildman–Crippen MR) is 131 cm³/mol. The predicted octanol–water partition coefficient (Wildman–Crippen LogP) is 7.64. The summed E-state index contributed by atoms with van der Waals surface area (Å²) in [5.74, 6) is 0.0569. The van der Waals surface area contributed by atoms with Gasteiger partial charge < -0.3 is 14.5 Å². The lowest BCUT2D eigenvalue weighted by atomic mass is 9.96. The molecule has 1 aromatic heterocycles. The minimum Gasteiger partial charge on any atom is -0.493 e. The number of hydrogen-bond donors (Lipinski definition) is 1. The summed E-state index contributed by atoms with van der Waals surface area (Å²) in [5.41, 5.74) is 5.23. The molecule has 1 N–H and O–H groups in total. The molecule has 3 aromatic carbocycles. The van der Waals surface area contributed by atoms with Crippen molar-refractivity contribution in [2.45, 2.75) is 20.8 Å². The molecular formula is C27H23ClFNO3. The van der Waals surface area contributed by atoms with Gasteiger partial charge in [-0.05, 0) is 62.2 Å². The van der Waals surface area contributed by atoms with Crippen LogP contribution in [0, 0.1) is 12.7 Å². The van der Waals surface area contributed by atoms with Crippen LogP contribution in [0.2, 0.25) is 5.02 Å². The van der Waals surface area contributed by atoms with Crippen LogP contribution in [0.25, 0.3) is 27.7 Å². The van der Waals surface area contributed by atoms with Gasteiger partial charge in [0.25, 0.3) is 0 Å². The molecule has 0 saturated heterocycles. The smallest absolute Gasteiger partial charge is 0.248 e. The molecule has 0 spiro atoms. The molecule has 4 nitrogen and oxygen atoms in total. The molecule has 4 rings (SSSR count). The maximum Gasteiger partial charge on any atom is 0.248 e. The Morgan fingerprint density at radius 2 is 1.91 bits per heavy atom. The van der Waals surface area contributed by atoms with Gasteiger partial charge in [-0.1, -0.05) is 35.9 Å². The van der Waals surface area contributed by atoms with Gasteiger partial charge in [-0.3, -0.25) is 4.79 Å². The molecule has 0 atom stereocenters. The SMILES string of the molecule is CCOc1c(/C(C)=C/C(=O)Nc2ccccc2Cl)cc2c(-c3ccc(F)cc3)coc2c1C. The minimum absolute atomic E-state index is 0.299. The van der Waals surface area contributed by atoms with Crippen LogP contribution in [0.15, 0.2) is 71.4 Å². The third-order valence-corrected chi connectivity index (χ3v) is 5.72. The molecule has 0 fully saturated rings. The monoisotopic (exact) mass is 463 g/mol. The Hall–Kier alpha value is -3.57. The van der Waals surface area contributed by atoms with Crippen LogP contribution in [0.5, 0.6) is 5.75 Å². The summed E-state index contributed by atoms with van der Waals surface area (Å²) >= 11 is 6.16. The van der Waals surface area contributed by atoms with Gasteiger partial charge in [-0.25, -0.2) is 4.39 Å². The summed E-state index contributed by atoms with van der Waals surface area (Å²) in [5, 5.41) is 4.13. The zero-order valence-electron chi connectivity index (χ0n) is 18.5. The normalized spacial score (nSPS) is 11.6. The van der Waals surface area contributed by atoms with Gasteiger partial charge in [-0.15, -0.1) is 0 Å². The Balaban J connectivity index is 1.79. The van der Waals surface area contributed by atoms with Gasteiger partial charge >= 0.3 is 0 Å². The molecule has 0 saturated carbocycles. The quantitative estimate of drug-likeness (QED) is 0.299. The van der Waals surface area contributed by atoms with Crippen molar-refractivity contribution in [1.82, 2.24) is 0 Å². The van der Waals surface area contributed by atoms with Crippen molar-refractivity contribution in [1.29, 1.82) is 0 Å². The van der Waals surface area contributed by atoms with Crippen molar-refractivity contribution in [2.75, 3.05) is 11.9 Å². The maximum absolute atomic E-state index is 13.4. The highest BCUT2D eigenvalue weighted by atomic mass is 35.5. The molecule has 0 aliphatic carbocycles. The highest BCUT2D eigenvalue weighted by Crippen LogP contribution is 2.40. The van der Waals surface area contributed by atoms with Crippen LogP contribution < -0.4 is 10.1 Å². The second kappa shape index (κ2) is 9.51. The summed E-state index contributed by atoms with van der Waals surface area (Å²) in [7, 11) is 0. The number of halogens is 2. The summed E-state index contributed by atoms with van der Waals surface area (Å²) in [6, 6.07) is 15.3. The van der Waals surface area contributed by atoms with Crippen LogP contribution in [0.3, 0.4) is 0 Å². The van der Waals surface area contributed by atoms with Crippen molar-refractivity contribution in [3.8, 4) is 16.9 Å². The van der Waals surface area contributed by atoms with Crippen LogP contribution in [-0.4, -0.2) is 12.5 Å². The van der Waals surface area contributed by atoms with E-state index in [2.05, 4.69) is 5.32 Å². The van der Waals surface area contributed by atoms with Crippen molar-refractivity contribution < 1.29 is 18.3 Å². The average molecular weight is 464 g/mol. The molecule has 168 valence electrons. The Kier molecular flexibility index (Phi) is 6.52. The summed E-state index contributed by atoms with van der Waals surface area (Å²) in [4.78, 5) is 12.7. The number of allylic oxidation sites excluding steroid dienone is 1. The Morgan fingerprint density at radius 1 is 1.18 bits per heavy atom. The van der Waals surface area contributed by atoms with E-state index in [9.17, 15) is 9.18 Å². The second-order valence-electron chi connectivity index (χ2n) is 7.64. The van der Waals surface area contributed by atoms with E-state index in [-0.39, 0.29) is 11.7 Å². The molecule has 4 aromatic rings. The van der Waals surface area contributed by atoms with Crippen molar-refractivity contribution in [3.63, 3.8) is 0 Å². The molecular weight excluding hydrogens is 441 g/mol. The van der Waals surface area contributed by atoms with Crippen LogP contribution in [-0.2, 0) is 4.79 Å². The van der Waals surface area contributed by atoms with Gasteiger partial charge in [-0.2, -0.15) is 0 Å². The summed E-state index contributed by atoms with van der Waals surface area (Å²) < 4.78 is 25.2. The molecule has 1 heterocycles. The summed E-state index contributed by atoms with van der Waals surface area (Å²) in [6.07, 6.45) is 3.18. The first-order chi connectivity index (χ1) is 15.9. The lowest BCUT2D eigenvalue weighted by molar-refractivity contribution is -0.111. The van der Waals surface area contributed by atoms with Crippen molar-refractivity contribution >= 4 is 39.7 Å². The fraction of sp³-hybridized carbons (Fsp3) is 0.148. The minimum atomic E-state index is -0.301. The molecule has 6 heteroatoms. The van der Waals surface area contributed by atoms with Crippen molar-refractivity contribution in [3.05, 3.63) is 88.9 Å². The van der Waals surface area contributed by atoms with E-state index in [4.69, 9.17) is 20.8 Å². The highest BCUT2D eigenvalue weighted by Gasteiger charge is 2.19. The Labute approximate surface area is 196 Å². The van der Waals surface area contributed by atoms with Crippen LogP contribution in [0.4, 0.5) is 10.1 Å². The Morgan fingerprint density at radius 3 is 2.61 bits per heavy atom. The topological polar surface area (TPSA) is 51.5 Å². The van der Waals surface area contributed by atoms with Gasteiger partial charge in [0.1, 0.15) is 17.1 Å². The number of rotatable bonds is 6. The number of furan rings is 1. The molecule has 33 heavy (non-hydrogen) atoms. The standard InChI is InChI=1S/C27H23ClFNO3/c1-4-32-26-17(3)27-21(22(15-33-27)18-9-11-19(29)12-10-18)14-20(26)16(2)13-25(31)30-24-8-6-5-7-23(24)28/h5-15H,4H2,1-3H3,(H,30,31)/b16-13+. The zero-order valence-corrected chi connectivity index (χ0v) is 19.3. The van der Waals surface area contributed by atoms with E-state index < -0.39 is 0 Å². The van der Waals surface area contributed by atoms with Gasteiger partial charge in [0.2, 0.25) is 5.91 Å². The van der Waals surface area contributed by atoms with Crippen LogP contribution in [0.1, 0.15) is 25.0 Å². The molecule has 1 amide bonds. The van der Waals surface area contributed by atoms with E-state index >= 15 is 0 Å². The highest BCUT2D eigenvalue weighted by molar-refractivity contribution is 6.33. The van der Waals surface area contributed by atoms with E-state index in [0.717, 1.165) is 33.2 Å². The van der Waals surface area contributed by atoms with Gasteiger partial charge in [0.15, 0.2) is 0 Å². The second-order valence-corrected chi connectivity index (χ2v) is 8.05. The zero-order chi connectivity index (χ0) is 23.5. The lowest BCUT2D eigenvalue weighted by Gasteiger charge is -2.15. The third-order valence-electron chi connectivity index (χ3n) is 5.39.